The van der Waals surface area contributed by atoms with E-state index in [0.29, 0.717) is 49.9 Å². The van der Waals surface area contributed by atoms with Gasteiger partial charge in [0, 0.05) is 32.2 Å². The number of carbonyl (C=O) groups excluding carboxylic acids is 1. The first-order valence-electron chi connectivity index (χ1n) is 12.0. The molecule has 1 amide bonds. The maximum absolute atomic E-state index is 14.2. The number of piperazine rings is 1. The summed E-state index contributed by atoms with van der Waals surface area (Å²) < 4.78 is 34.1. The van der Waals surface area contributed by atoms with Crippen LogP contribution >= 0.6 is 0 Å². The van der Waals surface area contributed by atoms with E-state index in [2.05, 4.69) is 25.4 Å². The number of nitrogens with two attached hydrogens (primary N) is 1. The van der Waals surface area contributed by atoms with Crippen LogP contribution in [0.1, 0.15) is 20.3 Å². The number of rotatable bonds is 7. The molecule has 3 aromatic heterocycles. The Bertz CT molecular complexity index is 1400. The van der Waals surface area contributed by atoms with Crippen LogP contribution in [0, 0.1) is 17.6 Å². The Kier molecular flexibility index (Phi) is 6.59. The lowest BCUT2D eigenvalue weighted by Gasteiger charge is -2.38. The van der Waals surface area contributed by atoms with E-state index in [1.54, 1.807) is 17.0 Å². The van der Waals surface area contributed by atoms with E-state index in [9.17, 15) is 13.6 Å². The van der Waals surface area contributed by atoms with Gasteiger partial charge in [-0.15, -0.1) is 5.10 Å². The van der Waals surface area contributed by atoms with Gasteiger partial charge in [0.05, 0.1) is 12.0 Å². The summed E-state index contributed by atoms with van der Waals surface area (Å²) in [6.07, 6.45) is 2.05. The number of hydrogen-bond acceptors (Lipinski definition) is 9. The summed E-state index contributed by atoms with van der Waals surface area (Å²) in [5, 5.41) is 7.41. The number of hydrogen-bond donors (Lipinski definition) is 2. The molecule has 1 aromatic carbocycles. The number of amides is 1. The zero-order valence-corrected chi connectivity index (χ0v) is 20.4. The minimum atomic E-state index is -0.623. The maximum Gasteiger partial charge on any atom is 0.259 e. The van der Waals surface area contributed by atoms with Crippen LogP contribution in [0.15, 0.2) is 41.0 Å². The van der Waals surface area contributed by atoms with Crippen molar-refractivity contribution in [1.82, 2.24) is 29.5 Å². The van der Waals surface area contributed by atoms with Crippen LogP contribution in [0.2, 0.25) is 0 Å². The average Bonchev–Trinajstić information content (AvgIpc) is 3.54. The first-order chi connectivity index (χ1) is 17.8. The van der Waals surface area contributed by atoms with Gasteiger partial charge in [-0.25, -0.2) is 8.78 Å². The second kappa shape index (κ2) is 9.99. The van der Waals surface area contributed by atoms with Gasteiger partial charge >= 0.3 is 0 Å². The third-order valence-corrected chi connectivity index (χ3v) is 6.13. The second-order valence-corrected chi connectivity index (χ2v) is 9.26. The first kappa shape index (κ1) is 24.4. The topological polar surface area (TPSA) is 131 Å². The Hall–Kier alpha value is -4.29. The van der Waals surface area contributed by atoms with Gasteiger partial charge in [0.1, 0.15) is 17.7 Å². The Balaban J connectivity index is 1.31. The fraction of sp³-hybridized carbons (Fsp3) is 0.375. The van der Waals surface area contributed by atoms with Gasteiger partial charge in [0.15, 0.2) is 5.76 Å². The Morgan fingerprint density at radius 2 is 1.92 bits per heavy atom. The number of anilines is 3. The van der Waals surface area contributed by atoms with E-state index >= 15 is 0 Å². The highest BCUT2D eigenvalue weighted by Crippen LogP contribution is 2.23. The number of furan rings is 1. The number of halogens is 2. The number of nitrogens with one attached hydrogen (secondary N) is 1. The zero-order chi connectivity index (χ0) is 26.1. The van der Waals surface area contributed by atoms with E-state index < -0.39 is 17.7 Å². The summed E-state index contributed by atoms with van der Waals surface area (Å²) in [5.41, 5.74) is 6.42. The Labute approximate surface area is 211 Å². The summed E-state index contributed by atoms with van der Waals surface area (Å²) in [6, 6.07) is 6.35. The van der Waals surface area contributed by atoms with Crippen molar-refractivity contribution in [2.24, 2.45) is 5.92 Å². The predicted octanol–water partition coefficient (Wildman–Crippen LogP) is 2.82. The molecule has 194 valence electrons. The molecule has 1 aliphatic heterocycles. The Morgan fingerprint density at radius 3 is 2.59 bits per heavy atom. The van der Waals surface area contributed by atoms with E-state index in [4.69, 9.17) is 10.2 Å². The molecule has 0 aliphatic carbocycles. The van der Waals surface area contributed by atoms with Crippen LogP contribution < -0.4 is 16.0 Å². The summed E-state index contributed by atoms with van der Waals surface area (Å²) in [4.78, 5) is 30.1. The van der Waals surface area contributed by atoms with Gasteiger partial charge < -0.3 is 25.3 Å². The van der Waals surface area contributed by atoms with Crippen molar-refractivity contribution in [3.05, 3.63) is 48.2 Å². The molecular weight excluding hydrogens is 484 g/mol. The van der Waals surface area contributed by atoms with Gasteiger partial charge in [0.2, 0.25) is 23.6 Å². The van der Waals surface area contributed by atoms with E-state index in [0.717, 1.165) is 6.07 Å². The van der Waals surface area contributed by atoms with Crippen LogP contribution in [-0.2, 0) is 4.79 Å². The quantitative estimate of drug-likeness (QED) is 0.385. The predicted molar refractivity (Wildman–Crippen MR) is 133 cm³/mol. The smallest absolute Gasteiger partial charge is 0.259 e. The molecule has 13 heteroatoms. The van der Waals surface area contributed by atoms with Gasteiger partial charge in [-0.3, -0.25) is 4.79 Å². The zero-order valence-electron chi connectivity index (χ0n) is 20.4. The molecular formula is C24H27F2N9O2. The molecule has 4 aromatic rings. The standard InChI is InChI=1S/C24H27F2N9O2/c1-14(2)12-17(21(36)34-9-7-33(8-10-34)18-6-5-15(25)13-16(18)26)28-23-30-22(27)35-24(31-23)29-20(32-35)19-4-3-11-37-19/h3-6,11,13-14,17H,7-10,12H2,1-2H3,(H3,27,28,29,30,31,32)/t17-/m0/s1. The number of nitrogens with zero attached hydrogens (tertiary/aromatic N) is 7. The highest BCUT2D eigenvalue weighted by Gasteiger charge is 2.30. The fourth-order valence-electron chi connectivity index (χ4n) is 4.35. The van der Waals surface area contributed by atoms with Crippen molar-refractivity contribution in [3.63, 3.8) is 0 Å². The molecule has 0 radical (unpaired) electrons. The van der Waals surface area contributed by atoms with Gasteiger partial charge in [-0.05, 0) is 36.6 Å². The average molecular weight is 512 g/mol. The monoisotopic (exact) mass is 511 g/mol. The molecule has 1 fully saturated rings. The lowest BCUT2D eigenvalue weighted by atomic mass is 10.0. The van der Waals surface area contributed by atoms with Crippen molar-refractivity contribution in [3.8, 4) is 11.6 Å². The van der Waals surface area contributed by atoms with Crippen molar-refractivity contribution in [1.29, 1.82) is 0 Å². The molecule has 3 N–H and O–H groups in total. The summed E-state index contributed by atoms with van der Waals surface area (Å²) in [5.74, 6) is 0.0591. The molecule has 0 spiro atoms. The summed E-state index contributed by atoms with van der Waals surface area (Å²) >= 11 is 0. The molecule has 37 heavy (non-hydrogen) atoms. The minimum absolute atomic E-state index is 0.0588. The number of carbonyl (C=O) groups is 1. The summed E-state index contributed by atoms with van der Waals surface area (Å²) in [6.45, 7) is 5.67. The van der Waals surface area contributed by atoms with Crippen molar-refractivity contribution in [2.75, 3.05) is 42.1 Å². The molecule has 0 saturated carbocycles. The second-order valence-electron chi connectivity index (χ2n) is 9.26. The number of nitrogen functional groups attached to an aromatic ring is 1. The van der Waals surface area contributed by atoms with Gasteiger partial charge in [0.25, 0.3) is 5.78 Å². The minimum Gasteiger partial charge on any atom is -0.461 e. The molecule has 1 aliphatic rings. The molecule has 0 bridgehead atoms. The molecule has 4 heterocycles. The van der Waals surface area contributed by atoms with Crippen molar-refractivity contribution >= 4 is 29.3 Å². The van der Waals surface area contributed by atoms with Gasteiger partial charge in [-0.1, -0.05) is 13.8 Å². The van der Waals surface area contributed by atoms with Crippen LogP contribution in [0.3, 0.4) is 0 Å². The molecule has 1 saturated heterocycles. The SMILES string of the molecule is CC(C)C[C@H](Nc1nc(N)n2nc(-c3ccco3)nc2n1)C(=O)N1CCN(c2ccc(F)cc2F)CC1. The summed E-state index contributed by atoms with van der Waals surface area (Å²) in [7, 11) is 0. The normalized spacial score (nSPS) is 14.9. The van der Waals surface area contributed by atoms with Crippen molar-refractivity contribution in [2.45, 2.75) is 26.3 Å². The third-order valence-electron chi connectivity index (χ3n) is 6.13. The fourth-order valence-corrected chi connectivity index (χ4v) is 4.35. The van der Waals surface area contributed by atoms with Crippen LogP contribution in [-0.4, -0.2) is 67.6 Å². The largest absolute Gasteiger partial charge is 0.461 e. The third kappa shape index (κ3) is 5.15. The number of aromatic nitrogens is 5. The van der Waals surface area contributed by atoms with Crippen LogP contribution in [0.5, 0.6) is 0 Å². The molecule has 5 rings (SSSR count). The highest BCUT2D eigenvalue weighted by atomic mass is 19.1. The highest BCUT2D eigenvalue weighted by molar-refractivity contribution is 5.84. The lowest BCUT2D eigenvalue weighted by Crippen LogP contribution is -2.53. The van der Waals surface area contributed by atoms with E-state index in [1.165, 1.54) is 22.9 Å². The Morgan fingerprint density at radius 1 is 1.14 bits per heavy atom. The van der Waals surface area contributed by atoms with E-state index in [-0.39, 0.29) is 29.5 Å². The van der Waals surface area contributed by atoms with Crippen LogP contribution in [0.4, 0.5) is 26.4 Å². The number of benzene rings is 1. The maximum atomic E-state index is 14.2. The lowest BCUT2D eigenvalue weighted by molar-refractivity contribution is -0.132. The van der Waals surface area contributed by atoms with Crippen molar-refractivity contribution < 1.29 is 18.0 Å². The molecule has 11 nitrogen and oxygen atoms in total. The van der Waals surface area contributed by atoms with Crippen LogP contribution in [0.25, 0.3) is 17.4 Å². The van der Waals surface area contributed by atoms with E-state index in [1.807, 2.05) is 18.7 Å². The first-order valence-corrected chi connectivity index (χ1v) is 12.0. The van der Waals surface area contributed by atoms with Gasteiger partial charge in [-0.2, -0.15) is 19.5 Å². The molecule has 1 atom stereocenters. The number of fused-ring (bicyclic) bond motifs is 1. The molecule has 0 unspecified atom stereocenters.